The highest BCUT2D eigenvalue weighted by Gasteiger charge is 2.05. The van der Waals surface area contributed by atoms with Crippen LogP contribution in [-0.2, 0) is 0 Å². The fourth-order valence-electron chi connectivity index (χ4n) is 1.51. The van der Waals surface area contributed by atoms with Crippen LogP contribution in [0.15, 0.2) is 60.7 Å². The van der Waals surface area contributed by atoms with Gasteiger partial charge in [0, 0.05) is 0 Å². The lowest BCUT2D eigenvalue weighted by Gasteiger charge is -2.12. The van der Waals surface area contributed by atoms with Gasteiger partial charge in [0.05, 0.1) is 7.85 Å². The lowest BCUT2D eigenvalue weighted by atomic mass is 9.76. The second-order valence-electron chi connectivity index (χ2n) is 3.30. The molecule has 0 bridgehead atoms. The molecule has 0 atom stereocenters. The second kappa shape index (κ2) is 5.37. The van der Waals surface area contributed by atoms with Gasteiger partial charge in [-0.25, -0.2) is 0 Å². The van der Waals surface area contributed by atoms with Crippen molar-refractivity contribution in [1.29, 1.82) is 0 Å². The van der Waals surface area contributed by atoms with Crippen molar-refractivity contribution >= 4 is 7.85 Å². The Morgan fingerprint density at radius 3 is 1.33 bits per heavy atom. The predicted molar refractivity (Wildman–Crippen MR) is 65.5 cm³/mol. The molecule has 74 valence electrons. The standard InChI is InChI=1S/C13H11B.H3N/c14-13(11-7-3-1-4-8-11)12-9-5-2-6-10-12;/h1-10,13H;1H3. The van der Waals surface area contributed by atoms with Crippen molar-refractivity contribution in [2.24, 2.45) is 0 Å². The largest absolute Gasteiger partial charge is 0.344 e. The topological polar surface area (TPSA) is 35.0 Å². The molecule has 0 saturated carbocycles. The first-order valence-electron chi connectivity index (χ1n) is 4.73. The molecule has 2 heteroatoms. The van der Waals surface area contributed by atoms with E-state index in [9.17, 15) is 0 Å². The Morgan fingerprint density at radius 2 is 1.00 bits per heavy atom. The highest BCUT2D eigenvalue weighted by Crippen LogP contribution is 2.20. The van der Waals surface area contributed by atoms with E-state index in [0.717, 1.165) is 11.1 Å². The summed E-state index contributed by atoms with van der Waals surface area (Å²) < 4.78 is 0. The Morgan fingerprint density at radius 1 is 0.667 bits per heavy atom. The van der Waals surface area contributed by atoms with E-state index in [1.807, 2.05) is 36.4 Å². The van der Waals surface area contributed by atoms with Crippen LogP contribution in [0.2, 0.25) is 0 Å². The SMILES string of the molecule is N.[B]C(c1ccccc1)c1ccccc1. The van der Waals surface area contributed by atoms with Crippen LogP contribution in [0.4, 0.5) is 0 Å². The van der Waals surface area contributed by atoms with Crippen LogP contribution >= 0.6 is 0 Å². The molecule has 2 radical (unpaired) electrons. The summed E-state index contributed by atoms with van der Waals surface area (Å²) in [5.74, 6) is -0.0163. The Hall–Kier alpha value is -1.54. The van der Waals surface area contributed by atoms with Gasteiger partial charge in [0.2, 0.25) is 0 Å². The van der Waals surface area contributed by atoms with Crippen molar-refractivity contribution in [2.45, 2.75) is 5.82 Å². The lowest BCUT2D eigenvalue weighted by molar-refractivity contribution is 1.14. The van der Waals surface area contributed by atoms with Crippen LogP contribution in [0.1, 0.15) is 16.9 Å². The molecule has 0 heterocycles. The summed E-state index contributed by atoms with van der Waals surface area (Å²) >= 11 is 0. The van der Waals surface area contributed by atoms with Gasteiger partial charge in [-0.2, -0.15) is 0 Å². The Labute approximate surface area is 92.1 Å². The van der Waals surface area contributed by atoms with Gasteiger partial charge in [0.15, 0.2) is 0 Å². The number of hydrogen-bond donors (Lipinski definition) is 1. The minimum atomic E-state index is -0.0163. The first-order valence-corrected chi connectivity index (χ1v) is 4.73. The van der Waals surface area contributed by atoms with Gasteiger partial charge < -0.3 is 6.15 Å². The van der Waals surface area contributed by atoms with Crippen LogP contribution < -0.4 is 6.15 Å². The zero-order valence-electron chi connectivity index (χ0n) is 8.64. The predicted octanol–water partition coefficient (Wildman–Crippen LogP) is 3.11. The van der Waals surface area contributed by atoms with Crippen LogP contribution in [0, 0.1) is 0 Å². The van der Waals surface area contributed by atoms with E-state index in [2.05, 4.69) is 24.3 Å². The third-order valence-corrected chi connectivity index (χ3v) is 2.32. The van der Waals surface area contributed by atoms with Gasteiger partial charge in [-0.05, 0) is 16.9 Å². The minimum absolute atomic E-state index is 0. The molecule has 0 saturated heterocycles. The maximum Gasteiger partial charge on any atom is 0.0828 e. The Balaban J connectivity index is 0.00000112. The molecule has 0 spiro atoms. The summed E-state index contributed by atoms with van der Waals surface area (Å²) in [6, 6.07) is 20.3. The average Bonchev–Trinajstić information content (AvgIpc) is 2.30. The van der Waals surface area contributed by atoms with E-state index in [-0.39, 0.29) is 12.0 Å². The van der Waals surface area contributed by atoms with Crippen molar-refractivity contribution in [3.8, 4) is 0 Å². The van der Waals surface area contributed by atoms with Crippen molar-refractivity contribution in [1.82, 2.24) is 6.15 Å². The van der Waals surface area contributed by atoms with Gasteiger partial charge >= 0.3 is 0 Å². The first kappa shape index (κ1) is 11.5. The van der Waals surface area contributed by atoms with E-state index in [1.165, 1.54) is 0 Å². The van der Waals surface area contributed by atoms with Gasteiger partial charge in [0.1, 0.15) is 0 Å². The second-order valence-corrected chi connectivity index (χ2v) is 3.30. The van der Waals surface area contributed by atoms with Gasteiger partial charge in [0.25, 0.3) is 0 Å². The molecule has 1 nitrogen and oxygen atoms in total. The fourth-order valence-corrected chi connectivity index (χ4v) is 1.51. The summed E-state index contributed by atoms with van der Waals surface area (Å²) in [5, 5.41) is 0. The van der Waals surface area contributed by atoms with E-state index in [0.29, 0.717) is 0 Å². The molecule has 2 aromatic carbocycles. The first-order chi connectivity index (χ1) is 6.88. The monoisotopic (exact) mass is 195 g/mol. The molecule has 0 aliphatic heterocycles. The quantitative estimate of drug-likeness (QED) is 0.734. The molecule has 0 amide bonds. The highest BCUT2D eigenvalue weighted by atomic mass is 14.0. The summed E-state index contributed by atoms with van der Waals surface area (Å²) in [6.07, 6.45) is 0. The van der Waals surface area contributed by atoms with E-state index < -0.39 is 0 Å². The summed E-state index contributed by atoms with van der Waals surface area (Å²) in [7, 11) is 6.12. The van der Waals surface area contributed by atoms with E-state index >= 15 is 0 Å². The lowest BCUT2D eigenvalue weighted by Crippen LogP contribution is -1.99. The molecule has 0 unspecified atom stereocenters. The smallest absolute Gasteiger partial charge is 0.0828 e. The Bertz CT molecular complexity index is 346. The number of rotatable bonds is 2. The van der Waals surface area contributed by atoms with Crippen LogP contribution in [-0.4, -0.2) is 7.85 Å². The zero-order valence-corrected chi connectivity index (χ0v) is 8.64. The molecule has 2 rings (SSSR count). The molecular weight excluding hydrogens is 181 g/mol. The van der Waals surface area contributed by atoms with E-state index in [1.54, 1.807) is 0 Å². The number of benzene rings is 2. The van der Waals surface area contributed by atoms with Gasteiger partial charge in [-0.3, -0.25) is 0 Å². The molecular formula is C13H14BN. The third kappa shape index (κ3) is 2.70. The summed E-state index contributed by atoms with van der Waals surface area (Å²) in [6.45, 7) is 0. The normalized spacial score (nSPS) is 9.67. The maximum absolute atomic E-state index is 6.12. The highest BCUT2D eigenvalue weighted by molar-refractivity contribution is 6.14. The molecule has 0 fully saturated rings. The van der Waals surface area contributed by atoms with Crippen LogP contribution in [0.3, 0.4) is 0 Å². The van der Waals surface area contributed by atoms with E-state index in [4.69, 9.17) is 7.85 Å². The van der Waals surface area contributed by atoms with Gasteiger partial charge in [-0.1, -0.05) is 60.7 Å². The van der Waals surface area contributed by atoms with Crippen molar-refractivity contribution < 1.29 is 0 Å². The molecule has 0 aliphatic carbocycles. The van der Waals surface area contributed by atoms with Crippen molar-refractivity contribution in [3.63, 3.8) is 0 Å². The van der Waals surface area contributed by atoms with Crippen LogP contribution in [0.5, 0.6) is 0 Å². The molecule has 2 aromatic rings. The zero-order chi connectivity index (χ0) is 9.80. The third-order valence-electron chi connectivity index (χ3n) is 2.32. The summed E-state index contributed by atoms with van der Waals surface area (Å²) in [5.41, 5.74) is 2.30. The minimum Gasteiger partial charge on any atom is -0.344 e. The Kier molecular flexibility index (Phi) is 4.13. The molecule has 0 aromatic heterocycles. The van der Waals surface area contributed by atoms with Gasteiger partial charge in [-0.15, -0.1) is 0 Å². The number of hydrogen-bond acceptors (Lipinski definition) is 1. The fraction of sp³-hybridized carbons (Fsp3) is 0.0769. The summed E-state index contributed by atoms with van der Waals surface area (Å²) in [4.78, 5) is 0. The van der Waals surface area contributed by atoms with Crippen LogP contribution in [0.25, 0.3) is 0 Å². The molecule has 3 N–H and O–H groups in total. The van der Waals surface area contributed by atoms with Crippen molar-refractivity contribution in [2.75, 3.05) is 0 Å². The maximum atomic E-state index is 6.12. The molecule has 15 heavy (non-hydrogen) atoms. The molecule has 0 aliphatic rings. The average molecular weight is 195 g/mol. The van der Waals surface area contributed by atoms with Crippen molar-refractivity contribution in [3.05, 3.63) is 71.8 Å².